The summed E-state index contributed by atoms with van der Waals surface area (Å²) in [4.78, 5) is 0. The van der Waals surface area contributed by atoms with Crippen LogP contribution in [-0.4, -0.2) is 21.4 Å². The fourth-order valence-corrected chi connectivity index (χ4v) is 0.680. The average Bonchev–Trinajstić information content (AvgIpc) is 2.01. The van der Waals surface area contributed by atoms with Crippen molar-refractivity contribution in [1.29, 1.82) is 0 Å². The fraction of sp³-hybridized carbons (Fsp3) is 0.667. The lowest BCUT2D eigenvalue weighted by Gasteiger charge is -2.23. The number of aliphatic hydroxyl groups is 2. The van der Waals surface area contributed by atoms with E-state index in [9.17, 15) is 10.2 Å². The van der Waals surface area contributed by atoms with Gasteiger partial charge >= 0.3 is 0 Å². The van der Waals surface area contributed by atoms with Crippen LogP contribution in [0, 0.1) is 0 Å². The van der Waals surface area contributed by atoms with Crippen molar-refractivity contribution in [3.63, 3.8) is 0 Å². The van der Waals surface area contributed by atoms with E-state index in [1.807, 2.05) is 0 Å². The number of rotatable bonds is 5. The van der Waals surface area contributed by atoms with Gasteiger partial charge in [0.15, 0.2) is 0 Å². The molecule has 0 spiro atoms. The van der Waals surface area contributed by atoms with Gasteiger partial charge < -0.3 is 14.9 Å². The van der Waals surface area contributed by atoms with Gasteiger partial charge in [0.1, 0.15) is 0 Å². The predicted octanol–water partition coefficient (Wildman–Crippen LogP) is 2.60. The monoisotopic (exact) mass is 216 g/mol. The van der Waals surface area contributed by atoms with Crippen LogP contribution in [0.25, 0.3) is 0 Å². The third kappa shape index (κ3) is 24.6. The molecule has 3 nitrogen and oxygen atoms in total. The molecule has 0 aliphatic carbocycles. The molecule has 0 aromatic rings. The minimum absolute atomic E-state index is 0.635. The molecule has 0 radical (unpaired) electrons. The van der Waals surface area contributed by atoms with Gasteiger partial charge in [0.05, 0.1) is 23.7 Å². The van der Waals surface area contributed by atoms with E-state index in [0.29, 0.717) is 12.8 Å². The maximum atomic E-state index is 9.27. The molecule has 0 fully saturated rings. The lowest BCUT2D eigenvalue weighted by molar-refractivity contribution is 0.0169. The van der Waals surface area contributed by atoms with Gasteiger partial charge in [-0.05, 0) is 40.5 Å². The number of hydrogen-bond donors (Lipinski definition) is 2. The quantitative estimate of drug-likeness (QED) is 0.694. The number of hydrogen-bond acceptors (Lipinski definition) is 3. The Bertz CT molecular complexity index is 152. The lowest BCUT2D eigenvalue weighted by Crippen LogP contribution is -2.26. The summed E-state index contributed by atoms with van der Waals surface area (Å²) in [6.45, 7) is 13.5. The Balaban J connectivity index is 0. The van der Waals surface area contributed by atoms with E-state index >= 15 is 0 Å². The summed E-state index contributed by atoms with van der Waals surface area (Å²) >= 11 is 0. The zero-order valence-corrected chi connectivity index (χ0v) is 10.3. The van der Waals surface area contributed by atoms with E-state index in [-0.39, 0.29) is 0 Å². The molecule has 0 saturated heterocycles. The van der Waals surface area contributed by atoms with Crippen molar-refractivity contribution < 1.29 is 14.9 Å². The zero-order valence-electron chi connectivity index (χ0n) is 10.3. The second kappa shape index (κ2) is 7.49. The van der Waals surface area contributed by atoms with Crippen molar-refractivity contribution in [2.45, 2.75) is 51.7 Å². The summed E-state index contributed by atoms with van der Waals surface area (Å²) in [5.74, 6) is 0. The van der Waals surface area contributed by atoms with Gasteiger partial charge in [0.25, 0.3) is 0 Å². The van der Waals surface area contributed by atoms with Crippen molar-refractivity contribution in [3.05, 3.63) is 25.7 Å². The molecule has 0 heterocycles. The SMILES string of the molecule is C=COC=C.CC(C)(O)CCC(C)(C)O. The summed E-state index contributed by atoms with van der Waals surface area (Å²) in [5.41, 5.74) is -1.31. The van der Waals surface area contributed by atoms with Gasteiger partial charge in [0.2, 0.25) is 0 Å². The molecular formula is C12H24O3. The molecule has 0 amide bonds. The van der Waals surface area contributed by atoms with Crippen molar-refractivity contribution in [2.24, 2.45) is 0 Å². The third-order valence-corrected chi connectivity index (χ3v) is 1.54. The molecule has 0 unspecified atom stereocenters. The minimum atomic E-state index is -0.653. The standard InChI is InChI=1S/C8H18O2.C4H6O/c1-7(2,9)5-6-8(3,4)10;1-3-5-4-2/h9-10H,5-6H2,1-4H3;3-4H,1-2H2. The average molecular weight is 216 g/mol. The highest BCUT2D eigenvalue weighted by molar-refractivity contribution is 4.72. The van der Waals surface area contributed by atoms with E-state index in [1.165, 1.54) is 12.5 Å². The first-order valence-corrected chi connectivity index (χ1v) is 4.94. The van der Waals surface area contributed by atoms with Crippen molar-refractivity contribution in [3.8, 4) is 0 Å². The molecule has 0 rings (SSSR count). The molecular weight excluding hydrogens is 192 g/mol. The van der Waals surface area contributed by atoms with Crippen LogP contribution in [0.1, 0.15) is 40.5 Å². The van der Waals surface area contributed by atoms with E-state index in [4.69, 9.17) is 0 Å². The second-order valence-corrected chi connectivity index (χ2v) is 4.59. The molecule has 0 aromatic carbocycles. The molecule has 0 saturated carbocycles. The van der Waals surface area contributed by atoms with E-state index < -0.39 is 11.2 Å². The van der Waals surface area contributed by atoms with Gasteiger partial charge in [-0.2, -0.15) is 0 Å². The van der Waals surface area contributed by atoms with Crippen LogP contribution < -0.4 is 0 Å². The van der Waals surface area contributed by atoms with Gasteiger partial charge in [-0.3, -0.25) is 0 Å². The van der Waals surface area contributed by atoms with E-state index in [1.54, 1.807) is 27.7 Å². The van der Waals surface area contributed by atoms with Crippen LogP contribution in [0.4, 0.5) is 0 Å². The first kappa shape index (κ1) is 16.6. The van der Waals surface area contributed by atoms with Crippen LogP contribution >= 0.6 is 0 Å². The minimum Gasteiger partial charge on any atom is -0.474 e. The molecule has 90 valence electrons. The molecule has 2 N–H and O–H groups in total. The number of ether oxygens (including phenoxy) is 1. The van der Waals surface area contributed by atoms with E-state index in [0.717, 1.165) is 0 Å². The molecule has 0 bridgehead atoms. The second-order valence-electron chi connectivity index (χ2n) is 4.59. The maximum Gasteiger partial charge on any atom is 0.0829 e. The molecule has 15 heavy (non-hydrogen) atoms. The zero-order chi connectivity index (χ0) is 12.5. The maximum absolute atomic E-state index is 9.27. The van der Waals surface area contributed by atoms with Gasteiger partial charge in [-0.1, -0.05) is 13.2 Å². The summed E-state index contributed by atoms with van der Waals surface area (Å²) in [5, 5.41) is 18.5. The highest BCUT2D eigenvalue weighted by atomic mass is 16.5. The molecule has 0 atom stereocenters. The van der Waals surface area contributed by atoms with Crippen molar-refractivity contribution in [2.75, 3.05) is 0 Å². The Kier molecular flexibility index (Phi) is 8.30. The van der Waals surface area contributed by atoms with Crippen molar-refractivity contribution >= 4 is 0 Å². The highest BCUT2D eigenvalue weighted by Crippen LogP contribution is 2.17. The van der Waals surface area contributed by atoms with Crippen molar-refractivity contribution in [1.82, 2.24) is 0 Å². The van der Waals surface area contributed by atoms with Crippen LogP contribution in [-0.2, 0) is 4.74 Å². The fourth-order valence-electron chi connectivity index (χ4n) is 0.680. The normalized spacial score (nSPS) is 11.1. The first-order valence-electron chi connectivity index (χ1n) is 4.94. The Hall–Kier alpha value is -0.800. The van der Waals surface area contributed by atoms with Crippen LogP contribution in [0.15, 0.2) is 25.7 Å². The smallest absolute Gasteiger partial charge is 0.0829 e. The first-order chi connectivity index (χ1) is 6.62. The third-order valence-electron chi connectivity index (χ3n) is 1.54. The Labute approximate surface area is 93.1 Å². The summed E-state index contributed by atoms with van der Waals surface area (Å²) in [6, 6.07) is 0. The van der Waals surface area contributed by atoms with Gasteiger partial charge in [-0.15, -0.1) is 0 Å². The predicted molar refractivity (Wildman–Crippen MR) is 63.3 cm³/mol. The molecule has 0 aliphatic rings. The van der Waals surface area contributed by atoms with Crippen LogP contribution in [0.2, 0.25) is 0 Å². The summed E-state index contributed by atoms with van der Waals surface area (Å²) in [6.07, 6.45) is 3.90. The summed E-state index contributed by atoms with van der Waals surface area (Å²) in [7, 11) is 0. The molecule has 0 aliphatic heterocycles. The lowest BCUT2D eigenvalue weighted by atomic mass is 9.94. The largest absolute Gasteiger partial charge is 0.474 e. The molecule has 3 heteroatoms. The van der Waals surface area contributed by atoms with Crippen LogP contribution in [0.5, 0.6) is 0 Å². The molecule has 0 aromatic heterocycles. The Morgan fingerprint density at radius 1 is 0.933 bits per heavy atom. The Morgan fingerprint density at radius 3 is 1.27 bits per heavy atom. The topological polar surface area (TPSA) is 49.7 Å². The Morgan fingerprint density at radius 2 is 1.20 bits per heavy atom. The van der Waals surface area contributed by atoms with Gasteiger partial charge in [-0.25, -0.2) is 0 Å². The summed E-state index contributed by atoms with van der Waals surface area (Å²) < 4.78 is 4.36. The highest BCUT2D eigenvalue weighted by Gasteiger charge is 2.19. The van der Waals surface area contributed by atoms with Gasteiger partial charge in [0, 0.05) is 0 Å². The van der Waals surface area contributed by atoms with Crippen LogP contribution in [0.3, 0.4) is 0 Å². The van der Waals surface area contributed by atoms with E-state index in [2.05, 4.69) is 17.9 Å².